The van der Waals surface area contributed by atoms with E-state index in [1.165, 1.54) is 0 Å². The van der Waals surface area contributed by atoms with Crippen molar-refractivity contribution in [2.45, 2.75) is 25.0 Å². The molecule has 0 amide bonds. The fourth-order valence-electron chi connectivity index (χ4n) is 1.85. The number of aryl methyl sites for hydroxylation is 2. The second-order valence-electron chi connectivity index (χ2n) is 4.38. The molecule has 2 aromatic heterocycles. The van der Waals surface area contributed by atoms with E-state index in [1.54, 1.807) is 17.9 Å². The lowest BCUT2D eigenvalue weighted by Crippen LogP contribution is -2.23. The van der Waals surface area contributed by atoms with Crippen LogP contribution in [0, 0.1) is 0 Å². The van der Waals surface area contributed by atoms with Crippen molar-refractivity contribution in [2.75, 3.05) is 0 Å². The van der Waals surface area contributed by atoms with E-state index in [-0.39, 0.29) is 6.54 Å². The molecule has 0 unspecified atom stereocenters. The predicted octanol–water partition coefficient (Wildman–Crippen LogP) is 0.752. The molecule has 0 bridgehead atoms. The number of carboxylic acid groups (broad SMARTS) is 1. The largest absolute Gasteiger partial charge is 0.475 e. The van der Waals surface area contributed by atoms with Gasteiger partial charge in [0.05, 0.1) is 5.69 Å². The van der Waals surface area contributed by atoms with Gasteiger partial charge in [0, 0.05) is 25.4 Å². The van der Waals surface area contributed by atoms with Crippen molar-refractivity contribution in [3.63, 3.8) is 0 Å². The van der Waals surface area contributed by atoms with Crippen LogP contribution in [0.1, 0.15) is 28.7 Å². The maximum absolute atomic E-state index is 12.0. The molecule has 0 aromatic carbocycles. The molecule has 8 nitrogen and oxygen atoms in total. The fourth-order valence-corrected chi connectivity index (χ4v) is 2.79. The van der Waals surface area contributed by atoms with Gasteiger partial charge in [0.1, 0.15) is 0 Å². The molecular weight excluding hydrogens is 298 g/mol. The van der Waals surface area contributed by atoms with Gasteiger partial charge in [-0.05, 0) is 18.6 Å². The van der Waals surface area contributed by atoms with Crippen molar-refractivity contribution in [3.8, 4) is 0 Å². The average Bonchev–Trinajstić information content (AvgIpc) is 3.03. The number of carbonyl (C=O) groups is 1. The van der Waals surface area contributed by atoms with Crippen LogP contribution in [0.4, 0.5) is 0 Å². The van der Waals surface area contributed by atoms with Gasteiger partial charge in [0.15, 0.2) is 0 Å². The van der Waals surface area contributed by atoms with E-state index < -0.39 is 26.8 Å². The molecule has 0 atom stereocenters. The fraction of sp³-hybridized carbons (Fsp3) is 0.333. The number of sulfonamides is 1. The lowest BCUT2D eigenvalue weighted by Gasteiger charge is -2.03. The number of aromatic nitrogens is 2. The standard InChI is InChI=1S/C12H15N3O5S/c1-3-9-8(7-15(2)14-9)6-13-21(18,19)11-5-4-10(20-11)12(16)17/h4-5,7,13H,3,6H2,1-2H3,(H,16,17). The second kappa shape index (κ2) is 5.70. The SMILES string of the molecule is CCc1nn(C)cc1CNS(=O)(=O)c1ccc(C(=O)O)o1. The van der Waals surface area contributed by atoms with Gasteiger partial charge in [-0.25, -0.2) is 17.9 Å². The van der Waals surface area contributed by atoms with E-state index in [2.05, 4.69) is 9.82 Å². The molecule has 0 saturated carbocycles. The van der Waals surface area contributed by atoms with Crippen molar-refractivity contribution in [3.05, 3.63) is 35.3 Å². The maximum atomic E-state index is 12.0. The van der Waals surface area contributed by atoms with E-state index in [0.717, 1.165) is 23.4 Å². The van der Waals surface area contributed by atoms with Gasteiger partial charge in [0.25, 0.3) is 10.0 Å². The highest BCUT2D eigenvalue weighted by molar-refractivity contribution is 7.89. The number of nitrogens with zero attached hydrogens (tertiary/aromatic N) is 2. The second-order valence-corrected chi connectivity index (χ2v) is 6.07. The summed E-state index contributed by atoms with van der Waals surface area (Å²) >= 11 is 0. The molecule has 9 heteroatoms. The maximum Gasteiger partial charge on any atom is 0.371 e. The van der Waals surface area contributed by atoms with Crippen molar-refractivity contribution in [1.29, 1.82) is 0 Å². The third kappa shape index (κ3) is 3.31. The Morgan fingerprint density at radius 2 is 2.19 bits per heavy atom. The number of rotatable bonds is 6. The van der Waals surface area contributed by atoms with Gasteiger partial charge >= 0.3 is 5.97 Å². The highest BCUT2D eigenvalue weighted by atomic mass is 32.2. The number of hydrogen-bond acceptors (Lipinski definition) is 5. The van der Waals surface area contributed by atoms with Crippen molar-refractivity contribution < 1.29 is 22.7 Å². The molecule has 2 aromatic rings. The van der Waals surface area contributed by atoms with Gasteiger partial charge < -0.3 is 9.52 Å². The highest BCUT2D eigenvalue weighted by Gasteiger charge is 2.21. The van der Waals surface area contributed by atoms with E-state index in [1.807, 2.05) is 6.92 Å². The first-order chi connectivity index (χ1) is 9.83. The Morgan fingerprint density at radius 3 is 2.76 bits per heavy atom. The van der Waals surface area contributed by atoms with E-state index in [9.17, 15) is 13.2 Å². The van der Waals surface area contributed by atoms with Crippen LogP contribution in [0.15, 0.2) is 27.8 Å². The first-order valence-electron chi connectivity index (χ1n) is 6.17. The molecule has 2 N–H and O–H groups in total. The summed E-state index contributed by atoms with van der Waals surface area (Å²) < 4.78 is 32.8. The van der Waals surface area contributed by atoms with Crippen molar-refractivity contribution in [2.24, 2.45) is 7.05 Å². The number of nitrogens with one attached hydrogen (secondary N) is 1. The Morgan fingerprint density at radius 1 is 1.48 bits per heavy atom. The van der Waals surface area contributed by atoms with E-state index in [4.69, 9.17) is 9.52 Å². The van der Waals surface area contributed by atoms with Gasteiger partial charge in [-0.1, -0.05) is 6.92 Å². The first kappa shape index (κ1) is 15.3. The molecule has 2 rings (SSSR count). The minimum Gasteiger partial charge on any atom is -0.475 e. The molecule has 114 valence electrons. The minimum absolute atomic E-state index is 0.0580. The van der Waals surface area contributed by atoms with Gasteiger partial charge in [-0.3, -0.25) is 4.68 Å². The molecule has 0 aliphatic carbocycles. The summed E-state index contributed by atoms with van der Waals surface area (Å²) in [5.41, 5.74) is 1.56. The Hall–Kier alpha value is -2.13. The quantitative estimate of drug-likeness (QED) is 0.813. The van der Waals surface area contributed by atoms with Crippen LogP contribution in [0.2, 0.25) is 0 Å². The Labute approximate surface area is 121 Å². The smallest absolute Gasteiger partial charge is 0.371 e. The van der Waals surface area contributed by atoms with E-state index in [0.29, 0.717) is 6.42 Å². The summed E-state index contributed by atoms with van der Waals surface area (Å²) in [6.45, 7) is 1.98. The molecule has 0 fully saturated rings. The third-order valence-corrected chi connectivity index (χ3v) is 4.11. The van der Waals surface area contributed by atoms with Gasteiger partial charge in [0.2, 0.25) is 10.9 Å². The molecule has 21 heavy (non-hydrogen) atoms. The average molecular weight is 313 g/mol. The normalized spacial score (nSPS) is 11.7. The van der Waals surface area contributed by atoms with Crippen LogP contribution in [0.25, 0.3) is 0 Å². The monoisotopic (exact) mass is 313 g/mol. The van der Waals surface area contributed by atoms with Crippen molar-refractivity contribution in [1.82, 2.24) is 14.5 Å². The minimum atomic E-state index is -3.90. The Balaban J connectivity index is 2.15. The summed E-state index contributed by atoms with van der Waals surface area (Å²) in [6.07, 6.45) is 2.41. The summed E-state index contributed by atoms with van der Waals surface area (Å²) in [6, 6.07) is 2.20. The summed E-state index contributed by atoms with van der Waals surface area (Å²) in [5.74, 6) is -1.75. The lowest BCUT2D eigenvalue weighted by atomic mass is 10.2. The molecule has 0 spiro atoms. The predicted molar refractivity (Wildman–Crippen MR) is 72.3 cm³/mol. The van der Waals surface area contributed by atoms with Crippen LogP contribution >= 0.6 is 0 Å². The Bertz CT molecular complexity index is 760. The number of hydrogen-bond donors (Lipinski definition) is 2. The summed E-state index contributed by atoms with van der Waals surface area (Å²) in [4.78, 5) is 10.7. The first-order valence-corrected chi connectivity index (χ1v) is 7.66. The van der Waals surface area contributed by atoms with Gasteiger partial charge in [-0.2, -0.15) is 5.10 Å². The molecule has 0 aliphatic rings. The zero-order valence-electron chi connectivity index (χ0n) is 11.5. The van der Waals surface area contributed by atoms with Crippen LogP contribution in [0.5, 0.6) is 0 Å². The summed E-state index contributed by atoms with van der Waals surface area (Å²) in [5, 5.41) is 12.5. The van der Waals surface area contributed by atoms with Gasteiger partial charge in [-0.15, -0.1) is 0 Å². The summed E-state index contributed by atoms with van der Waals surface area (Å²) in [7, 11) is -2.15. The third-order valence-electron chi connectivity index (χ3n) is 2.84. The molecule has 0 aliphatic heterocycles. The molecule has 2 heterocycles. The zero-order valence-corrected chi connectivity index (χ0v) is 12.3. The molecule has 0 radical (unpaired) electrons. The zero-order chi connectivity index (χ0) is 15.6. The van der Waals surface area contributed by atoms with Crippen LogP contribution in [-0.4, -0.2) is 29.3 Å². The molecular formula is C12H15N3O5S. The van der Waals surface area contributed by atoms with E-state index >= 15 is 0 Å². The van der Waals surface area contributed by atoms with Crippen molar-refractivity contribution >= 4 is 16.0 Å². The van der Waals surface area contributed by atoms with Crippen LogP contribution < -0.4 is 4.72 Å². The Kier molecular flexibility index (Phi) is 4.14. The topological polar surface area (TPSA) is 114 Å². The van der Waals surface area contributed by atoms with Crippen LogP contribution in [-0.2, 0) is 30.0 Å². The number of carboxylic acids is 1. The highest BCUT2D eigenvalue weighted by Crippen LogP contribution is 2.15. The number of aromatic carboxylic acids is 1. The lowest BCUT2D eigenvalue weighted by molar-refractivity contribution is 0.0656. The van der Waals surface area contributed by atoms with Crippen LogP contribution in [0.3, 0.4) is 0 Å². The number of furan rings is 1. The molecule has 0 saturated heterocycles.